The van der Waals surface area contributed by atoms with Gasteiger partial charge in [0.1, 0.15) is 0 Å². The van der Waals surface area contributed by atoms with E-state index >= 15 is 0 Å². The first-order valence-electron chi connectivity index (χ1n) is 7.14. The summed E-state index contributed by atoms with van der Waals surface area (Å²) >= 11 is 0. The van der Waals surface area contributed by atoms with Crippen LogP contribution in [-0.2, 0) is 19.0 Å². The molecule has 1 aliphatic rings. The molecule has 0 amide bonds. The van der Waals surface area contributed by atoms with Gasteiger partial charge in [0, 0.05) is 6.42 Å². The van der Waals surface area contributed by atoms with Crippen LogP contribution in [-0.4, -0.2) is 31.1 Å². The molecule has 0 unspecified atom stereocenters. The van der Waals surface area contributed by atoms with E-state index in [9.17, 15) is 4.79 Å². The molecule has 1 saturated heterocycles. The van der Waals surface area contributed by atoms with E-state index in [1.54, 1.807) is 0 Å². The fraction of sp³-hybridized carbons (Fsp3) is 0.471. The second kappa shape index (κ2) is 6.87. The maximum Gasteiger partial charge on any atom is 0.308 e. The fourth-order valence-electron chi connectivity index (χ4n) is 2.44. The summed E-state index contributed by atoms with van der Waals surface area (Å²) in [6.07, 6.45) is 4.67. The van der Waals surface area contributed by atoms with Crippen molar-refractivity contribution < 1.29 is 19.0 Å². The average Bonchev–Trinajstić information content (AvgIpc) is 2.44. The van der Waals surface area contributed by atoms with E-state index in [0.29, 0.717) is 6.42 Å². The third-order valence-electron chi connectivity index (χ3n) is 3.31. The van der Waals surface area contributed by atoms with Gasteiger partial charge in [-0.05, 0) is 19.4 Å². The predicted octanol–water partition coefficient (Wildman–Crippen LogP) is 3.17. The highest BCUT2D eigenvalue weighted by atomic mass is 16.7. The molecule has 2 atom stereocenters. The minimum absolute atomic E-state index is 0.0800. The van der Waals surface area contributed by atoms with Crippen molar-refractivity contribution in [2.45, 2.75) is 44.7 Å². The second-order valence-electron chi connectivity index (χ2n) is 5.58. The van der Waals surface area contributed by atoms with Gasteiger partial charge in [-0.2, -0.15) is 0 Å². The monoisotopic (exact) mass is 290 g/mol. The minimum Gasteiger partial charge on any atom is -0.469 e. The van der Waals surface area contributed by atoms with Gasteiger partial charge in [-0.25, -0.2) is 0 Å². The van der Waals surface area contributed by atoms with Crippen molar-refractivity contribution in [1.82, 2.24) is 0 Å². The molecule has 114 valence electrons. The highest BCUT2D eigenvalue weighted by molar-refractivity contribution is 5.69. The van der Waals surface area contributed by atoms with Crippen LogP contribution in [0.4, 0.5) is 0 Å². The summed E-state index contributed by atoms with van der Waals surface area (Å²) in [5.41, 5.74) is 1.12. The Hall–Kier alpha value is -1.65. The normalized spacial score (nSPS) is 24.9. The Kier molecular flexibility index (Phi) is 5.15. The van der Waals surface area contributed by atoms with Gasteiger partial charge in [0.2, 0.25) is 0 Å². The molecule has 1 aliphatic heterocycles. The number of rotatable bonds is 4. The molecule has 0 spiro atoms. The molecule has 4 nitrogen and oxygen atoms in total. The van der Waals surface area contributed by atoms with Gasteiger partial charge in [-0.1, -0.05) is 42.5 Å². The smallest absolute Gasteiger partial charge is 0.308 e. The number of hydrogen-bond donors (Lipinski definition) is 0. The Morgan fingerprint density at radius 2 is 2.05 bits per heavy atom. The summed E-state index contributed by atoms with van der Waals surface area (Å²) in [4.78, 5) is 11.4. The molecule has 0 radical (unpaired) electrons. The maximum absolute atomic E-state index is 11.4. The second-order valence-corrected chi connectivity index (χ2v) is 5.58. The molecule has 1 fully saturated rings. The van der Waals surface area contributed by atoms with Crippen LogP contribution >= 0.6 is 0 Å². The number of benzene rings is 1. The number of hydrogen-bond acceptors (Lipinski definition) is 4. The molecule has 0 aromatic heterocycles. The van der Waals surface area contributed by atoms with Crippen molar-refractivity contribution in [3.05, 3.63) is 42.0 Å². The van der Waals surface area contributed by atoms with Crippen molar-refractivity contribution in [3.63, 3.8) is 0 Å². The van der Waals surface area contributed by atoms with Gasteiger partial charge in [0.05, 0.1) is 25.7 Å². The van der Waals surface area contributed by atoms with Crippen LogP contribution in [0.3, 0.4) is 0 Å². The number of carbonyl (C=O) groups is 1. The maximum atomic E-state index is 11.4. The van der Waals surface area contributed by atoms with Crippen LogP contribution in [0, 0.1) is 0 Å². The molecule has 2 rings (SSSR count). The summed E-state index contributed by atoms with van der Waals surface area (Å²) in [7, 11) is 1.39. The summed E-state index contributed by atoms with van der Waals surface area (Å²) in [5.74, 6) is -0.966. The van der Waals surface area contributed by atoms with Gasteiger partial charge in [0.25, 0.3) is 0 Å². The predicted molar refractivity (Wildman–Crippen MR) is 80.6 cm³/mol. The molecular formula is C17H22O4. The van der Waals surface area contributed by atoms with Crippen molar-refractivity contribution in [2.75, 3.05) is 7.11 Å². The van der Waals surface area contributed by atoms with Crippen LogP contribution in [0.15, 0.2) is 36.4 Å². The number of ether oxygens (including phenoxy) is 3. The number of methoxy groups -OCH3 is 1. The third kappa shape index (κ3) is 4.99. The Labute approximate surface area is 125 Å². The van der Waals surface area contributed by atoms with Crippen molar-refractivity contribution >= 4 is 12.0 Å². The lowest BCUT2D eigenvalue weighted by Crippen LogP contribution is -2.44. The molecule has 0 N–H and O–H groups in total. The van der Waals surface area contributed by atoms with Gasteiger partial charge in [-0.3, -0.25) is 4.79 Å². The average molecular weight is 290 g/mol. The van der Waals surface area contributed by atoms with Crippen LogP contribution in [0.25, 0.3) is 6.08 Å². The Bertz CT molecular complexity index is 493. The third-order valence-corrected chi connectivity index (χ3v) is 3.31. The Balaban J connectivity index is 2.02. The zero-order valence-corrected chi connectivity index (χ0v) is 12.7. The SMILES string of the molecule is COC(=O)C[C@H]1C[C@@H](C=Cc2ccccc2)OC(C)(C)O1. The first-order valence-corrected chi connectivity index (χ1v) is 7.14. The molecular weight excluding hydrogens is 268 g/mol. The summed E-state index contributed by atoms with van der Waals surface area (Å²) in [6.45, 7) is 3.72. The zero-order valence-electron chi connectivity index (χ0n) is 12.7. The van der Waals surface area contributed by atoms with E-state index in [2.05, 4.69) is 0 Å². The number of esters is 1. The molecule has 0 aliphatic carbocycles. The summed E-state index contributed by atoms with van der Waals surface area (Å²) in [6, 6.07) is 10.0. The van der Waals surface area contributed by atoms with Crippen LogP contribution in [0.5, 0.6) is 0 Å². The first kappa shape index (κ1) is 15.7. The van der Waals surface area contributed by atoms with E-state index in [-0.39, 0.29) is 24.6 Å². The lowest BCUT2D eigenvalue weighted by Gasteiger charge is -2.39. The van der Waals surface area contributed by atoms with E-state index in [1.165, 1.54) is 7.11 Å². The fourth-order valence-corrected chi connectivity index (χ4v) is 2.44. The van der Waals surface area contributed by atoms with E-state index in [1.807, 2.05) is 56.3 Å². The molecule has 0 saturated carbocycles. The Morgan fingerprint density at radius 3 is 2.71 bits per heavy atom. The lowest BCUT2D eigenvalue weighted by atomic mass is 10.0. The first-order chi connectivity index (χ1) is 9.98. The molecule has 1 heterocycles. The van der Waals surface area contributed by atoms with Crippen LogP contribution in [0.2, 0.25) is 0 Å². The van der Waals surface area contributed by atoms with Gasteiger partial charge in [0.15, 0.2) is 5.79 Å². The molecule has 1 aromatic carbocycles. The summed E-state index contributed by atoms with van der Waals surface area (Å²) < 4.78 is 16.4. The molecule has 1 aromatic rings. The summed E-state index contributed by atoms with van der Waals surface area (Å²) in [5, 5.41) is 0. The van der Waals surface area contributed by atoms with Crippen LogP contribution < -0.4 is 0 Å². The molecule has 0 bridgehead atoms. The van der Waals surface area contributed by atoms with E-state index in [0.717, 1.165) is 5.56 Å². The van der Waals surface area contributed by atoms with Gasteiger partial charge >= 0.3 is 5.97 Å². The number of carbonyl (C=O) groups excluding carboxylic acids is 1. The molecule has 21 heavy (non-hydrogen) atoms. The highest BCUT2D eigenvalue weighted by Crippen LogP contribution is 2.29. The van der Waals surface area contributed by atoms with Crippen molar-refractivity contribution in [2.24, 2.45) is 0 Å². The standard InChI is InChI=1S/C17H22O4/c1-17(2)20-14(10-9-13-7-5-4-6-8-13)11-15(21-17)12-16(18)19-3/h4-10,14-15H,11-12H2,1-3H3/t14-,15-/m1/s1. The van der Waals surface area contributed by atoms with E-state index in [4.69, 9.17) is 14.2 Å². The Morgan fingerprint density at radius 1 is 1.33 bits per heavy atom. The zero-order chi connectivity index (χ0) is 15.3. The van der Waals surface area contributed by atoms with Crippen molar-refractivity contribution in [3.8, 4) is 0 Å². The van der Waals surface area contributed by atoms with Gasteiger partial charge in [-0.15, -0.1) is 0 Å². The van der Waals surface area contributed by atoms with Crippen LogP contribution in [0.1, 0.15) is 32.3 Å². The van der Waals surface area contributed by atoms with E-state index < -0.39 is 5.79 Å². The van der Waals surface area contributed by atoms with Gasteiger partial charge < -0.3 is 14.2 Å². The lowest BCUT2D eigenvalue weighted by molar-refractivity contribution is -0.290. The van der Waals surface area contributed by atoms with Crippen molar-refractivity contribution in [1.29, 1.82) is 0 Å². The molecule has 4 heteroatoms. The highest BCUT2D eigenvalue weighted by Gasteiger charge is 2.35. The topological polar surface area (TPSA) is 44.8 Å². The minimum atomic E-state index is -0.706. The quantitative estimate of drug-likeness (QED) is 0.799. The largest absolute Gasteiger partial charge is 0.469 e.